The molecule has 0 radical (unpaired) electrons. The third-order valence-corrected chi connectivity index (χ3v) is 6.53. The average molecular weight is 460 g/mol. The summed E-state index contributed by atoms with van der Waals surface area (Å²) in [5, 5.41) is 3.10. The van der Waals surface area contributed by atoms with Crippen LogP contribution in [0, 0.1) is 0 Å². The SMILES string of the molecule is CC(=O)Nc1nc2ccc(-c3cnc(Cl)c(NS(=O)(=O)c4ccccc4)c3)nc2s1. The lowest BCUT2D eigenvalue weighted by Crippen LogP contribution is -2.13. The highest BCUT2D eigenvalue weighted by Crippen LogP contribution is 2.31. The number of hydrogen-bond acceptors (Lipinski definition) is 7. The van der Waals surface area contributed by atoms with E-state index in [1.165, 1.54) is 36.6 Å². The number of nitrogens with zero attached hydrogens (tertiary/aromatic N) is 3. The molecule has 0 saturated heterocycles. The largest absolute Gasteiger partial charge is 0.302 e. The van der Waals surface area contributed by atoms with Crippen LogP contribution in [0.4, 0.5) is 10.8 Å². The van der Waals surface area contributed by atoms with Crippen LogP contribution in [0.25, 0.3) is 21.6 Å². The van der Waals surface area contributed by atoms with Crippen LogP contribution in [0.5, 0.6) is 0 Å². The number of pyridine rings is 2. The van der Waals surface area contributed by atoms with Crippen molar-refractivity contribution in [3.63, 3.8) is 0 Å². The summed E-state index contributed by atoms with van der Waals surface area (Å²) in [7, 11) is -3.82. The van der Waals surface area contributed by atoms with Gasteiger partial charge in [0.2, 0.25) is 5.91 Å². The topological polar surface area (TPSA) is 114 Å². The molecule has 1 amide bonds. The van der Waals surface area contributed by atoms with Crippen molar-refractivity contribution in [1.29, 1.82) is 0 Å². The van der Waals surface area contributed by atoms with Gasteiger partial charge in [0.25, 0.3) is 10.0 Å². The van der Waals surface area contributed by atoms with Gasteiger partial charge in [-0.05, 0) is 30.3 Å². The summed E-state index contributed by atoms with van der Waals surface area (Å²) in [6.07, 6.45) is 1.51. The fraction of sp³-hybridized carbons (Fsp3) is 0.0526. The van der Waals surface area contributed by atoms with Gasteiger partial charge in [-0.2, -0.15) is 0 Å². The molecule has 0 unspecified atom stereocenters. The molecule has 0 fully saturated rings. The molecule has 0 spiro atoms. The van der Waals surface area contributed by atoms with E-state index in [2.05, 4.69) is 25.0 Å². The fourth-order valence-electron chi connectivity index (χ4n) is 2.64. The zero-order valence-corrected chi connectivity index (χ0v) is 17.8. The zero-order chi connectivity index (χ0) is 21.3. The first-order chi connectivity index (χ1) is 14.3. The maximum Gasteiger partial charge on any atom is 0.261 e. The Morgan fingerprint density at radius 1 is 1.10 bits per heavy atom. The number of benzene rings is 1. The Labute approximate surface area is 181 Å². The number of fused-ring (bicyclic) bond motifs is 1. The number of aromatic nitrogens is 3. The number of nitrogens with one attached hydrogen (secondary N) is 2. The molecule has 0 aliphatic heterocycles. The standard InChI is InChI=1S/C19H14ClN5O3S2/c1-11(26)22-19-24-15-8-7-14(23-18(15)29-19)12-9-16(17(20)21-10-12)25-30(27,28)13-5-3-2-4-6-13/h2-10,25H,1H3,(H,22,24,26). The zero-order valence-electron chi connectivity index (χ0n) is 15.5. The number of rotatable bonds is 5. The number of thiazole rings is 1. The van der Waals surface area contributed by atoms with Crippen molar-refractivity contribution < 1.29 is 13.2 Å². The van der Waals surface area contributed by atoms with Crippen molar-refractivity contribution in [2.45, 2.75) is 11.8 Å². The molecular weight excluding hydrogens is 446 g/mol. The van der Waals surface area contributed by atoms with E-state index in [1.807, 2.05) is 0 Å². The molecule has 8 nitrogen and oxygen atoms in total. The summed E-state index contributed by atoms with van der Waals surface area (Å²) in [6.45, 7) is 1.41. The van der Waals surface area contributed by atoms with E-state index in [9.17, 15) is 13.2 Å². The number of amides is 1. The molecule has 0 aliphatic carbocycles. The van der Waals surface area contributed by atoms with Crippen LogP contribution >= 0.6 is 22.9 Å². The molecule has 3 heterocycles. The third-order valence-electron chi connectivity index (χ3n) is 3.97. The Hall–Kier alpha value is -3.08. The minimum Gasteiger partial charge on any atom is -0.302 e. The van der Waals surface area contributed by atoms with Gasteiger partial charge in [-0.15, -0.1) is 0 Å². The monoisotopic (exact) mass is 459 g/mol. The number of carbonyl (C=O) groups is 1. The summed E-state index contributed by atoms with van der Waals surface area (Å²) >= 11 is 7.35. The van der Waals surface area contributed by atoms with E-state index in [0.717, 1.165) is 0 Å². The fourth-order valence-corrected chi connectivity index (χ4v) is 4.81. The van der Waals surface area contributed by atoms with Gasteiger partial charge in [0.1, 0.15) is 10.3 Å². The molecule has 0 saturated carbocycles. The van der Waals surface area contributed by atoms with Crippen molar-refractivity contribution in [2.24, 2.45) is 0 Å². The van der Waals surface area contributed by atoms with Gasteiger partial charge in [0.15, 0.2) is 10.3 Å². The number of hydrogen-bond donors (Lipinski definition) is 2. The van der Waals surface area contributed by atoms with Crippen molar-refractivity contribution >= 4 is 60.0 Å². The number of sulfonamides is 1. The third kappa shape index (κ3) is 4.25. The van der Waals surface area contributed by atoms with Crippen LogP contribution in [0.3, 0.4) is 0 Å². The Kier molecular flexibility index (Phi) is 5.37. The maximum atomic E-state index is 12.6. The number of carbonyl (C=O) groups excluding carboxylic acids is 1. The van der Waals surface area contributed by atoms with Crippen LogP contribution in [0.1, 0.15) is 6.92 Å². The van der Waals surface area contributed by atoms with E-state index in [-0.39, 0.29) is 21.6 Å². The lowest BCUT2D eigenvalue weighted by Gasteiger charge is -2.10. The molecule has 0 bridgehead atoms. The molecule has 0 aliphatic rings. The van der Waals surface area contributed by atoms with Crippen molar-refractivity contribution in [3.05, 3.63) is 59.9 Å². The molecule has 30 heavy (non-hydrogen) atoms. The highest BCUT2D eigenvalue weighted by Gasteiger charge is 2.17. The first-order valence-corrected chi connectivity index (χ1v) is 11.3. The summed E-state index contributed by atoms with van der Waals surface area (Å²) < 4.78 is 27.7. The second-order valence-corrected chi connectivity index (χ2v) is 9.22. The summed E-state index contributed by atoms with van der Waals surface area (Å²) in [5.74, 6) is -0.216. The molecule has 11 heteroatoms. The second kappa shape index (κ2) is 7.98. The Balaban J connectivity index is 1.68. The normalized spacial score (nSPS) is 11.4. The maximum absolute atomic E-state index is 12.6. The summed E-state index contributed by atoms with van der Waals surface area (Å²) in [6, 6.07) is 13.0. The van der Waals surface area contributed by atoms with Gasteiger partial charge >= 0.3 is 0 Å². The van der Waals surface area contributed by atoms with Gasteiger partial charge in [-0.3, -0.25) is 9.52 Å². The average Bonchev–Trinajstić information content (AvgIpc) is 3.11. The quantitative estimate of drug-likeness (QED) is 0.433. The lowest BCUT2D eigenvalue weighted by molar-refractivity contribution is -0.114. The van der Waals surface area contributed by atoms with Gasteiger partial charge in [-0.25, -0.2) is 23.4 Å². The van der Waals surface area contributed by atoms with Gasteiger partial charge in [0.05, 0.1) is 16.3 Å². The molecule has 4 rings (SSSR count). The highest BCUT2D eigenvalue weighted by atomic mass is 35.5. The van der Waals surface area contributed by atoms with Crippen LogP contribution < -0.4 is 10.0 Å². The number of anilines is 2. The predicted molar refractivity (Wildman–Crippen MR) is 117 cm³/mol. The molecule has 1 aromatic carbocycles. The van der Waals surface area contributed by atoms with Gasteiger partial charge in [-0.1, -0.05) is 41.1 Å². The van der Waals surface area contributed by atoms with E-state index >= 15 is 0 Å². The Morgan fingerprint density at radius 2 is 1.87 bits per heavy atom. The van der Waals surface area contributed by atoms with E-state index in [4.69, 9.17) is 11.6 Å². The molecule has 3 aromatic heterocycles. The minimum absolute atomic E-state index is 0.0186. The van der Waals surface area contributed by atoms with Gasteiger partial charge in [0, 0.05) is 18.7 Å². The molecule has 152 valence electrons. The summed E-state index contributed by atoms with van der Waals surface area (Å²) in [4.78, 5) is 24.9. The highest BCUT2D eigenvalue weighted by molar-refractivity contribution is 7.92. The first-order valence-electron chi connectivity index (χ1n) is 8.61. The Bertz CT molecular complexity index is 1360. The van der Waals surface area contributed by atoms with Crippen LogP contribution in [0.15, 0.2) is 59.6 Å². The predicted octanol–water partition coefficient (Wildman–Crippen LogP) is 4.17. The van der Waals surface area contributed by atoms with Crippen molar-refractivity contribution in [3.8, 4) is 11.3 Å². The minimum atomic E-state index is -3.82. The van der Waals surface area contributed by atoms with E-state index < -0.39 is 10.0 Å². The lowest BCUT2D eigenvalue weighted by atomic mass is 10.2. The molecule has 4 aromatic rings. The first kappa shape index (κ1) is 20.2. The van der Waals surface area contributed by atoms with E-state index in [1.54, 1.807) is 36.4 Å². The van der Waals surface area contributed by atoms with Crippen LogP contribution in [0.2, 0.25) is 5.15 Å². The second-order valence-electron chi connectivity index (χ2n) is 6.20. The summed E-state index contributed by atoms with van der Waals surface area (Å²) in [5.41, 5.74) is 1.91. The van der Waals surface area contributed by atoms with E-state index in [0.29, 0.717) is 26.7 Å². The molecule has 2 N–H and O–H groups in total. The smallest absolute Gasteiger partial charge is 0.261 e. The van der Waals surface area contributed by atoms with Crippen molar-refractivity contribution in [1.82, 2.24) is 15.0 Å². The van der Waals surface area contributed by atoms with Crippen molar-refractivity contribution in [2.75, 3.05) is 10.0 Å². The van der Waals surface area contributed by atoms with Crippen LogP contribution in [-0.4, -0.2) is 29.3 Å². The van der Waals surface area contributed by atoms with Gasteiger partial charge < -0.3 is 5.32 Å². The van der Waals surface area contributed by atoms with Crippen LogP contribution in [-0.2, 0) is 14.8 Å². The number of halogens is 1. The molecular formula is C19H14ClN5O3S2. The Morgan fingerprint density at radius 3 is 2.60 bits per heavy atom. The molecule has 0 atom stereocenters.